The van der Waals surface area contributed by atoms with Crippen LogP contribution >= 0.6 is 0 Å². The maximum atomic E-state index is 13.9. The Bertz CT molecular complexity index is 801. The van der Waals surface area contributed by atoms with Crippen molar-refractivity contribution < 1.29 is 8.78 Å². The average molecular weight is 336 g/mol. The monoisotopic (exact) mass is 336 g/mol. The SMILES string of the molecule is CCCC#CCc1ccc(C#Cc2cc(F)c(CCC)c(F)c2)cc1. The number of halogens is 2. The molecule has 2 aromatic rings. The highest BCUT2D eigenvalue weighted by atomic mass is 19.1. The molecule has 0 unspecified atom stereocenters. The third-order valence-electron chi connectivity index (χ3n) is 3.74. The molecule has 0 aromatic heterocycles. The molecule has 0 atom stereocenters. The summed E-state index contributed by atoms with van der Waals surface area (Å²) in [5.74, 6) is 11.0. The standard InChI is InChI=1S/C23H22F2/c1-3-5-6-7-9-18-10-12-19(13-11-18)14-15-20-16-22(24)21(8-4-2)23(25)17-20/h10-13,16-17H,3-5,8-9H2,1-2H3. The van der Waals surface area contributed by atoms with E-state index < -0.39 is 11.6 Å². The normalized spacial score (nSPS) is 9.76. The fourth-order valence-electron chi connectivity index (χ4n) is 2.39. The van der Waals surface area contributed by atoms with Crippen molar-refractivity contribution in [3.05, 3.63) is 70.3 Å². The molecule has 0 radical (unpaired) electrons. The minimum absolute atomic E-state index is 0.140. The Morgan fingerprint density at radius 3 is 2.04 bits per heavy atom. The molecule has 0 nitrogen and oxygen atoms in total. The van der Waals surface area contributed by atoms with Gasteiger partial charge in [-0.1, -0.05) is 50.2 Å². The van der Waals surface area contributed by atoms with Crippen LogP contribution in [0.25, 0.3) is 0 Å². The number of hydrogen-bond acceptors (Lipinski definition) is 0. The van der Waals surface area contributed by atoms with Crippen LogP contribution in [0.4, 0.5) is 8.78 Å². The average Bonchev–Trinajstić information content (AvgIpc) is 2.61. The lowest BCUT2D eigenvalue weighted by atomic mass is 10.1. The minimum atomic E-state index is -0.521. The minimum Gasteiger partial charge on any atom is -0.207 e. The summed E-state index contributed by atoms with van der Waals surface area (Å²) in [5, 5.41) is 0. The first-order chi connectivity index (χ1) is 12.1. The van der Waals surface area contributed by atoms with Crippen molar-refractivity contribution in [1.29, 1.82) is 0 Å². The highest BCUT2D eigenvalue weighted by Gasteiger charge is 2.09. The van der Waals surface area contributed by atoms with Crippen LogP contribution in [0.2, 0.25) is 0 Å². The predicted molar refractivity (Wildman–Crippen MR) is 99.2 cm³/mol. The van der Waals surface area contributed by atoms with E-state index in [0.717, 1.165) is 30.4 Å². The molecule has 0 aliphatic carbocycles. The van der Waals surface area contributed by atoms with Gasteiger partial charge in [-0.25, -0.2) is 8.78 Å². The van der Waals surface area contributed by atoms with Gasteiger partial charge in [0.15, 0.2) is 0 Å². The Kier molecular flexibility index (Phi) is 7.24. The molecule has 0 saturated carbocycles. The second-order valence-electron chi connectivity index (χ2n) is 5.90. The van der Waals surface area contributed by atoms with Crippen LogP contribution in [0, 0.1) is 35.3 Å². The molecule has 0 saturated heterocycles. The molecule has 0 N–H and O–H groups in total. The smallest absolute Gasteiger partial charge is 0.130 e. The van der Waals surface area contributed by atoms with E-state index in [9.17, 15) is 8.78 Å². The molecule has 0 fully saturated rings. The van der Waals surface area contributed by atoms with Crippen LogP contribution in [0.1, 0.15) is 55.4 Å². The van der Waals surface area contributed by atoms with Crippen molar-refractivity contribution >= 4 is 0 Å². The van der Waals surface area contributed by atoms with Gasteiger partial charge in [-0.3, -0.25) is 0 Å². The van der Waals surface area contributed by atoms with Crippen molar-refractivity contribution in [3.63, 3.8) is 0 Å². The number of hydrogen-bond donors (Lipinski definition) is 0. The van der Waals surface area contributed by atoms with Crippen molar-refractivity contribution in [2.75, 3.05) is 0 Å². The fourth-order valence-corrected chi connectivity index (χ4v) is 2.39. The van der Waals surface area contributed by atoms with Gasteiger partial charge < -0.3 is 0 Å². The molecule has 0 heterocycles. The summed E-state index contributed by atoms with van der Waals surface area (Å²) in [7, 11) is 0. The molecule has 0 bridgehead atoms. The molecule has 128 valence electrons. The Hall–Kier alpha value is -2.58. The lowest BCUT2D eigenvalue weighted by Crippen LogP contribution is -1.96. The van der Waals surface area contributed by atoms with E-state index in [0.29, 0.717) is 18.4 Å². The van der Waals surface area contributed by atoms with Crippen molar-refractivity contribution in [2.45, 2.75) is 46.0 Å². The summed E-state index contributed by atoms with van der Waals surface area (Å²) < 4.78 is 27.9. The number of benzene rings is 2. The van der Waals surface area contributed by atoms with Gasteiger partial charge in [0.25, 0.3) is 0 Å². The molecule has 25 heavy (non-hydrogen) atoms. The zero-order valence-corrected chi connectivity index (χ0v) is 14.8. The van der Waals surface area contributed by atoms with Gasteiger partial charge >= 0.3 is 0 Å². The summed E-state index contributed by atoms with van der Waals surface area (Å²) in [4.78, 5) is 0. The van der Waals surface area contributed by atoms with Crippen molar-refractivity contribution in [3.8, 4) is 23.7 Å². The van der Waals surface area contributed by atoms with Crippen molar-refractivity contribution in [2.24, 2.45) is 0 Å². The van der Waals surface area contributed by atoms with Crippen LogP contribution in [0.15, 0.2) is 36.4 Å². The highest BCUT2D eigenvalue weighted by Crippen LogP contribution is 2.17. The first kappa shape index (κ1) is 18.8. The van der Waals surface area contributed by atoms with Gasteiger partial charge in [0, 0.05) is 29.5 Å². The maximum absolute atomic E-state index is 13.9. The molecule has 2 aromatic carbocycles. The lowest BCUT2D eigenvalue weighted by molar-refractivity contribution is 0.552. The van der Waals surface area contributed by atoms with Gasteiger partial charge in [-0.2, -0.15) is 0 Å². The van der Waals surface area contributed by atoms with E-state index in [4.69, 9.17) is 0 Å². The van der Waals surface area contributed by atoms with E-state index in [1.54, 1.807) is 0 Å². The Labute approximate surface area is 149 Å². The van der Waals surface area contributed by atoms with E-state index >= 15 is 0 Å². The Morgan fingerprint density at radius 1 is 0.800 bits per heavy atom. The summed E-state index contributed by atoms with van der Waals surface area (Å²) in [6.07, 6.45) is 3.82. The largest absolute Gasteiger partial charge is 0.207 e. The second kappa shape index (κ2) is 9.65. The van der Waals surface area contributed by atoms with E-state index in [-0.39, 0.29) is 5.56 Å². The summed E-state index contributed by atoms with van der Waals surface area (Å²) in [6.45, 7) is 4.00. The quantitative estimate of drug-likeness (QED) is 0.632. The molecule has 2 rings (SSSR count). The van der Waals surface area contributed by atoms with Crippen LogP contribution in [0.5, 0.6) is 0 Å². The Balaban J connectivity index is 2.10. The topological polar surface area (TPSA) is 0 Å². The predicted octanol–water partition coefficient (Wildman–Crippen LogP) is 5.66. The summed E-state index contributed by atoms with van der Waals surface area (Å²) >= 11 is 0. The first-order valence-corrected chi connectivity index (χ1v) is 8.68. The molecule has 0 aliphatic rings. The van der Waals surface area contributed by atoms with E-state index in [1.807, 2.05) is 31.2 Å². The van der Waals surface area contributed by atoms with Gasteiger partial charge in [0.1, 0.15) is 11.6 Å². The van der Waals surface area contributed by atoms with Crippen LogP contribution in [-0.4, -0.2) is 0 Å². The highest BCUT2D eigenvalue weighted by molar-refractivity contribution is 5.45. The van der Waals surface area contributed by atoms with Gasteiger partial charge in [0.05, 0.1) is 0 Å². The maximum Gasteiger partial charge on any atom is 0.130 e. The fraction of sp³-hybridized carbons (Fsp3) is 0.304. The van der Waals surface area contributed by atoms with Crippen LogP contribution in [-0.2, 0) is 12.8 Å². The number of rotatable bonds is 4. The van der Waals surface area contributed by atoms with Gasteiger partial charge in [-0.05, 0) is 42.7 Å². The third-order valence-corrected chi connectivity index (χ3v) is 3.74. The zero-order chi connectivity index (χ0) is 18.1. The molecular formula is C23H22F2. The van der Waals surface area contributed by atoms with Gasteiger partial charge in [0.2, 0.25) is 0 Å². The number of unbranched alkanes of at least 4 members (excludes halogenated alkanes) is 1. The first-order valence-electron chi connectivity index (χ1n) is 8.68. The molecule has 0 spiro atoms. The summed E-state index contributed by atoms with van der Waals surface area (Å²) in [5.41, 5.74) is 2.44. The van der Waals surface area contributed by atoms with Crippen LogP contribution < -0.4 is 0 Å². The lowest BCUT2D eigenvalue weighted by Gasteiger charge is -2.03. The van der Waals surface area contributed by atoms with Crippen LogP contribution in [0.3, 0.4) is 0 Å². The summed E-state index contributed by atoms with van der Waals surface area (Å²) in [6, 6.07) is 10.4. The Morgan fingerprint density at radius 2 is 1.44 bits per heavy atom. The van der Waals surface area contributed by atoms with Crippen molar-refractivity contribution in [1.82, 2.24) is 0 Å². The third kappa shape index (κ3) is 5.77. The second-order valence-corrected chi connectivity index (χ2v) is 5.90. The van der Waals surface area contributed by atoms with E-state index in [2.05, 4.69) is 30.6 Å². The van der Waals surface area contributed by atoms with Gasteiger partial charge in [-0.15, -0.1) is 5.92 Å². The van der Waals surface area contributed by atoms with E-state index in [1.165, 1.54) is 12.1 Å². The zero-order valence-electron chi connectivity index (χ0n) is 14.8. The molecule has 0 amide bonds. The molecule has 0 aliphatic heterocycles. The molecule has 2 heteroatoms. The molecular weight excluding hydrogens is 314 g/mol.